The molecule has 0 radical (unpaired) electrons. The quantitative estimate of drug-likeness (QED) is 0.497. The van der Waals surface area contributed by atoms with Gasteiger partial charge in [0.05, 0.1) is 23.4 Å². The molecule has 144 valence electrons. The van der Waals surface area contributed by atoms with E-state index in [0.29, 0.717) is 36.0 Å². The lowest BCUT2D eigenvalue weighted by atomic mass is 10.3. The van der Waals surface area contributed by atoms with E-state index in [-0.39, 0.29) is 18.0 Å². The number of furan rings is 2. The van der Waals surface area contributed by atoms with Gasteiger partial charge in [0.25, 0.3) is 5.56 Å². The van der Waals surface area contributed by atoms with E-state index in [1.54, 1.807) is 24.6 Å². The van der Waals surface area contributed by atoms with Crippen LogP contribution in [0.4, 0.5) is 0 Å². The van der Waals surface area contributed by atoms with Gasteiger partial charge in [-0.05, 0) is 19.1 Å². The van der Waals surface area contributed by atoms with Crippen LogP contribution in [0.15, 0.2) is 56.9 Å². The van der Waals surface area contributed by atoms with Gasteiger partial charge in [-0.1, -0.05) is 6.08 Å². The lowest BCUT2D eigenvalue weighted by molar-refractivity contribution is -0.121. The molecule has 0 saturated carbocycles. The first-order valence-corrected chi connectivity index (χ1v) is 8.97. The number of amides is 1. The van der Waals surface area contributed by atoms with E-state index >= 15 is 0 Å². The first-order chi connectivity index (χ1) is 13.6. The van der Waals surface area contributed by atoms with Gasteiger partial charge < -0.3 is 18.7 Å². The third-order valence-corrected chi connectivity index (χ3v) is 4.54. The summed E-state index contributed by atoms with van der Waals surface area (Å²) >= 11 is 0. The van der Waals surface area contributed by atoms with Crippen LogP contribution in [0.1, 0.15) is 11.5 Å². The molecule has 28 heavy (non-hydrogen) atoms. The van der Waals surface area contributed by atoms with Gasteiger partial charge in [0.15, 0.2) is 5.58 Å². The molecule has 4 rings (SSSR count). The van der Waals surface area contributed by atoms with Gasteiger partial charge in [-0.25, -0.2) is 4.68 Å². The molecule has 4 aromatic rings. The van der Waals surface area contributed by atoms with Crippen molar-refractivity contribution in [2.75, 3.05) is 6.54 Å². The summed E-state index contributed by atoms with van der Waals surface area (Å²) in [6.07, 6.45) is 5.45. The molecule has 4 heterocycles. The molecule has 0 atom stereocenters. The van der Waals surface area contributed by atoms with Crippen LogP contribution in [0.5, 0.6) is 0 Å². The molecular weight excluding hydrogens is 360 g/mol. The summed E-state index contributed by atoms with van der Waals surface area (Å²) in [5.74, 6) is 1.25. The zero-order valence-electron chi connectivity index (χ0n) is 15.5. The number of aryl methyl sites for hydroxylation is 1. The Labute approximate surface area is 160 Å². The number of nitrogens with one attached hydrogen (secondary N) is 1. The lowest BCUT2D eigenvalue weighted by Crippen LogP contribution is -2.35. The predicted octanol–water partition coefficient (Wildman–Crippen LogP) is 2.39. The second-order valence-electron chi connectivity index (χ2n) is 6.52. The van der Waals surface area contributed by atoms with Crippen molar-refractivity contribution in [1.82, 2.24) is 19.7 Å². The van der Waals surface area contributed by atoms with Crippen molar-refractivity contribution in [2.24, 2.45) is 0 Å². The van der Waals surface area contributed by atoms with Crippen molar-refractivity contribution in [3.05, 3.63) is 65.2 Å². The summed E-state index contributed by atoms with van der Waals surface area (Å²) in [6.45, 7) is 6.33. The Morgan fingerprint density at radius 1 is 1.43 bits per heavy atom. The third-order valence-electron chi connectivity index (χ3n) is 4.54. The number of hydrogen-bond acceptors (Lipinski definition) is 5. The Hall–Kier alpha value is -3.55. The Balaban J connectivity index is 1.60. The molecule has 0 saturated heterocycles. The first-order valence-electron chi connectivity index (χ1n) is 8.97. The number of nitrogens with zero attached hydrogens (tertiary/aromatic N) is 3. The fourth-order valence-corrected chi connectivity index (χ4v) is 3.32. The zero-order chi connectivity index (χ0) is 19.7. The van der Waals surface area contributed by atoms with E-state index in [2.05, 4.69) is 17.0 Å². The molecule has 0 fully saturated rings. The maximum absolute atomic E-state index is 13.0. The number of fused-ring (bicyclic) bond motifs is 3. The number of hydrogen-bond donors (Lipinski definition) is 1. The van der Waals surface area contributed by atoms with Gasteiger partial charge in [0.2, 0.25) is 5.91 Å². The maximum atomic E-state index is 13.0. The average molecular weight is 380 g/mol. The Morgan fingerprint density at radius 3 is 3.04 bits per heavy atom. The summed E-state index contributed by atoms with van der Waals surface area (Å²) in [7, 11) is 0. The van der Waals surface area contributed by atoms with Crippen molar-refractivity contribution in [1.29, 1.82) is 0 Å². The summed E-state index contributed by atoms with van der Waals surface area (Å²) in [4.78, 5) is 25.2. The molecule has 8 nitrogen and oxygen atoms in total. The minimum absolute atomic E-state index is 0.160. The van der Waals surface area contributed by atoms with Gasteiger partial charge in [-0.2, -0.15) is 5.10 Å². The van der Waals surface area contributed by atoms with Crippen LogP contribution >= 0.6 is 0 Å². The van der Waals surface area contributed by atoms with Crippen LogP contribution in [0.2, 0.25) is 0 Å². The monoisotopic (exact) mass is 380 g/mol. The molecule has 0 aliphatic rings. The fraction of sp³-hybridized carbons (Fsp3) is 0.250. The zero-order valence-corrected chi connectivity index (χ0v) is 15.5. The Bertz CT molecular complexity index is 1210. The van der Waals surface area contributed by atoms with E-state index in [9.17, 15) is 9.59 Å². The number of rotatable bonds is 7. The summed E-state index contributed by atoms with van der Waals surface area (Å²) < 4.78 is 14.0. The van der Waals surface area contributed by atoms with Crippen LogP contribution in [0, 0.1) is 6.92 Å². The highest BCUT2D eigenvalue weighted by Crippen LogP contribution is 2.29. The molecule has 1 N–H and O–H groups in total. The van der Waals surface area contributed by atoms with E-state index in [0.717, 1.165) is 21.7 Å². The second-order valence-corrected chi connectivity index (χ2v) is 6.52. The fourth-order valence-electron chi connectivity index (χ4n) is 3.32. The highest BCUT2D eigenvalue weighted by atomic mass is 16.3. The van der Waals surface area contributed by atoms with Crippen LogP contribution in [0.3, 0.4) is 0 Å². The predicted molar refractivity (Wildman–Crippen MR) is 104 cm³/mol. The van der Waals surface area contributed by atoms with Gasteiger partial charge in [-0.3, -0.25) is 9.59 Å². The SMILES string of the molecule is C=CCn1c2cc(C)oc2c2cnn(CC(=O)NCCc3ccco3)c(=O)c21. The van der Waals surface area contributed by atoms with Crippen molar-refractivity contribution < 1.29 is 13.6 Å². The van der Waals surface area contributed by atoms with Crippen LogP contribution in [0.25, 0.3) is 22.0 Å². The van der Waals surface area contributed by atoms with Crippen molar-refractivity contribution >= 4 is 27.9 Å². The van der Waals surface area contributed by atoms with Crippen LogP contribution in [-0.2, 0) is 24.3 Å². The van der Waals surface area contributed by atoms with Gasteiger partial charge in [0.1, 0.15) is 23.6 Å². The largest absolute Gasteiger partial charge is 0.469 e. The normalized spacial score (nSPS) is 11.3. The molecule has 0 aromatic carbocycles. The van der Waals surface area contributed by atoms with E-state index in [1.807, 2.05) is 23.6 Å². The molecule has 0 spiro atoms. The van der Waals surface area contributed by atoms with E-state index < -0.39 is 0 Å². The third kappa shape index (κ3) is 3.13. The average Bonchev–Trinajstić information content (AvgIpc) is 3.36. The number of aromatic nitrogens is 3. The standard InChI is InChI=1S/C20H20N4O4/c1-3-8-23-16-10-13(2)28-19(16)15-11-22-24(20(26)18(15)23)12-17(25)21-7-6-14-5-4-9-27-14/h3-5,9-11H,1,6-8,12H2,2H3,(H,21,25). The van der Waals surface area contributed by atoms with Crippen LogP contribution in [-0.4, -0.2) is 26.8 Å². The van der Waals surface area contributed by atoms with Crippen molar-refractivity contribution in [3.8, 4) is 0 Å². The molecular formula is C20H20N4O4. The van der Waals surface area contributed by atoms with Gasteiger partial charge >= 0.3 is 0 Å². The molecule has 0 unspecified atom stereocenters. The highest BCUT2D eigenvalue weighted by Gasteiger charge is 2.19. The minimum Gasteiger partial charge on any atom is -0.469 e. The second kappa shape index (κ2) is 7.22. The number of carbonyl (C=O) groups is 1. The molecule has 8 heteroatoms. The molecule has 0 aliphatic carbocycles. The smallest absolute Gasteiger partial charge is 0.291 e. The molecule has 0 bridgehead atoms. The highest BCUT2D eigenvalue weighted by molar-refractivity contribution is 6.04. The summed E-state index contributed by atoms with van der Waals surface area (Å²) in [6, 6.07) is 5.52. The topological polar surface area (TPSA) is 95.2 Å². The molecule has 4 aromatic heterocycles. The van der Waals surface area contributed by atoms with Crippen molar-refractivity contribution in [3.63, 3.8) is 0 Å². The first kappa shape index (κ1) is 17.8. The van der Waals surface area contributed by atoms with Crippen LogP contribution < -0.4 is 10.9 Å². The van der Waals surface area contributed by atoms with Crippen molar-refractivity contribution in [2.45, 2.75) is 26.4 Å². The summed E-state index contributed by atoms with van der Waals surface area (Å²) in [5.41, 5.74) is 1.54. The molecule has 1 amide bonds. The van der Waals surface area contributed by atoms with Gasteiger partial charge in [0, 0.05) is 25.6 Å². The van der Waals surface area contributed by atoms with E-state index in [4.69, 9.17) is 8.83 Å². The van der Waals surface area contributed by atoms with E-state index in [1.165, 1.54) is 0 Å². The van der Waals surface area contributed by atoms with Gasteiger partial charge in [-0.15, -0.1) is 6.58 Å². The molecule has 0 aliphatic heterocycles. The Kier molecular flexibility index (Phi) is 4.60. The maximum Gasteiger partial charge on any atom is 0.291 e. The minimum atomic E-state index is -0.343. The summed E-state index contributed by atoms with van der Waals surface area (Å²) in [5, 5.41) is 7.57. The lowest BCUT2D eigenvalue weighted by Gasteiger charge is -2.07. The Morgan fingerprint density at radius 2 is 2.29 bits per heavy atom. The number of allylic oxidation sites excluding steroid dienone is 1. The number of carbonyl (C=O) groups excluding carboxylic acids is 1.